The first-order valence-corrected chi connectivity index (χ1v) is 13.4. The first-order valence-electron chi connectivity index (χ1n) is 11.9. The highest BCUT2D eigenvalue weighted by molar-refractivity contribution is 9.10. The lowest BCUT2D eigenvalue weighted by atomic mass is 10.1. The van der Waals surface area contributed by atoms with Crippen LogP contribution in [-0.2, 0) is 16.2 Å². The third-order valence-electron chi connectivity index (χ3n) is 5.63. The molecule has 1 aliphatic rings. The second-order valence-electron chi connectivity index (χ2n) is 8.57. The van der Waals surface area contributed by atoms with Gasteiger partial charge in [-0.25, -0.2) is 9.69 Å². The summed E-state index contributed by atoms with van der Waals surface area (Å²) in [5.41, 5.74) is 2.88. The number of amides is 4. The Morgan fingerprint density at radius 3 is 2.56 bits per heavy atom. The molecule has 1 heterocycles. The number of nitrogens with zero attached hydrogens (tertiary/aromatic N) is 1. The Hall–Kier alpha value is -3.53. The molecule has 11 heteroatoms. The lowest BCUT2D eigenvalue weighted by Gasteiger charge is -2.15. The average Bonchev–Trinajstić information content (AvgIpc) is 3.13. The number of rotatable bonds is 9. The van der Waals surface area contributed by atoms with Crippen LogP contribution in [0.4, 0.5) is 10.5 Å². The van der Waals surface area contributed by atoms with Crippen molar-refractivity contribution in [1.82, 2.24) is 10.2 Å². The monoisotopic (exact) mass is 631 g/mol. The molecule has 1 aliphatic heterocycles. The zero-order chi connectivity index (χ0) is 28.1. The molecular formula is C28H24BrCl2N3O5. The van der Waals surface area contributed by atoms with E-state index in [1.165, 1.54) is 6.08 Å². The molecule has 8 nitrogen and oxygen atoms in total. The van der Waals surface area contributed by atoms with Crippen molar-refractivity contribution >= 4 is 68.7 Å². The molecule has 4 amide bonds. The minimum absolute atomic E-state index is 0.0214. The van der Waals surface area contributed by atoms with E-state index in [1.54, 1.807) is 48.5 Å². The largest absolute Gasteiger partial charge is 0.490 e. The first kappa shape index (κ1) is 28.5. The van der Waals surface area contributed by atoms with Gasteiger partial charge in [0.25, 0.3) is 5.91 Å². The lowest BCUT2D eigenvalue weighted by Crippen LogP contribution is -2.38. The summed E-state index contributed by atoms with van der Waals surface area (Å²) < 4.78 is 12.3. The van der Waals surface area contributed by atoms with Gasteiger partial charge in [-0.3, -0.25) is 9.59 Å². The smallest absolute Gasteiger partial charge is 0.329 e. The Morgan fingerprint density at radius 2 is 1.85 bits per heavy atom. The third kappa shape index (κ3) is 7.11. The van der Waals surface area contributed by atoms with Crippen molar-refractivity contribution in [3.05, 3.63) is 91.5 Å². The Labute approximate surface area is 244 Å². The van der Waals surface area contributed by atoms with Gasteiger partial charge in [0.2, 0.25) is 5.91 Å². The number of hydrogen-bond donors (Lipinski definition) is 2. The number of imide groups is 1. The number of nitrogens with one attached hydrogen (secondary N) is 2. The van der Waals surface area contributed by atoms with Crippen molar-refractivity contribution in [3.63, 3.8) is 0 Å². The van der Waals surface area contributed by atoms with E-state index in [2.05, 4.69) is 26.6 Å². The zero-order valence-corrected chi connectivity index (χ0v) is 24.1. The summed E-state index contributed by atoms with van der Waals surface area (Å²) in [6.45, 7) is 3.85. The molecule has 0 bridgehead atoms. The molecule has 0 unspecified atom stereocenters. The highest BCUT2D eigenvalue weighted by Gasteiger charge is 2.35. The molecular weight excluding hydrogens is 609 g/mol. The molecule has 0 aliphatic carbocycles. The van der Waals surface area contributed by atoms with Gasteiger partial charge in [0, 0.05) is 25.8 Å². The predicted octanol–water partition coefficient (Wildman–Crippen LogP) is 6.57. The molecule has 3 aromatic rings. The average molecular weight is 633 g/mol. The van der Waals surface area contributed by atoms with E-state index in [9.17, 15) is 14.4 Å². The second kappa shape index (κ2) is 12.5. The molecule has 0 atom stereocenters. The fourth-order valence-corrected chi connectivity index (χ4v) is 4.67. The minimum atomic E-state index is -0.688. The van der Waals surface area contributed by atoms with E-state index in [1.807, 2.05) is 19.9 Å². The summed E-state index contributed by atoms with van der Waals surface area (Å²) in [5.74, 6) is -0.230. The molecule has 0 aromatic heterocycles. The topological polar surface area (TPSA) is 97.0 Å². The van der Waals surface area contributed by atoms with Crippen LogP contribution in [0.25, 0.3) is 6.08 Å². The van der Waals surface area contributed by atoms with Crippen LogP contribution in [0.15, 0.2) is 64.8 Å². The van der Waals surface area contributed by atoms with Gasteiger partial charge < -0.3 is 20.1 Å². The maximum absolute atomic E-state index is 13.0. The number of hydrogen-bond acceptors (Lipinski definition) is 5. The van der Waals surface area contributed by atoms with Crippen LogP contribution < -0.4 is 20.1 Å². The Bertz CT molecular complexity index is 1480. The molecule has 3 aromatic carbocycles. The first-order chi connectivity index (χ1) is 18.6. The maximum Gasteiger partial charge on any atom is 0.329 e. The number of urea groups is 1. The number of halogens is 3. The van der Waals surface area contributed by atoms with Crippen LogP contribution in [-0.4, -0.2) is 35.9 Å². The van der Waals surface area contributed by atoms with Gasteiger partial charge in [-0.05, 0) is 67.4 Å². The van der Waals surface area contributed by atoms with E-state index in [-0.39, 0.29) is 12.3 Å². The molecule has 2 N–H and O–H groups in total. The number of aryl methyl sites for hydroxylation is 1. The summed E-state index contributed by atoms with van der Waals surface area (Å²) in [6, 6.07) is 15.1. The van der Waals surface area contributed by atoms with E-state index in [4.69, 9.17) is 32.7 Å². The van der Waals surface area contributed by atoms with Crippen LogP contribution in [0.2, 0.25) is 10.0 Å². The van der Waals surface area contributed by atoms with Crippen LogP contribution in [0, 0.1) is 6.92 Å². The molecule has 202 valence electrons. The van der Waals surface area contributed by atoms with Gasteiger partial charge in [-0.2, -0.15) is 0 Å². The molecule has 0 spiro atoms. The van der Waals surface area contributed by atoms with Crippen LogP contribution in [0.5, 0.6) is 11.5 Å². The Morgan fingerprint density at radius 1 is 1.08 bits per heavy atom. The zero-order valence-electron chi connectivity index (χ0n) is 21.0. The number of benzene rings is 3. The van der Waals surface area contributed by atoms with Crippen LogP contribution >= 0.6 is 39.1 Å². The maximum atomic E-state index is 13.0. The third-order valence-corrected chi connectivity index (χ3v) is 6.90. The highest BCUT2D eigenvalue weighted by Crippen LogP contribution is 2.36. The molecule has 1 saturated heterocycles. The predicted molar refractivity (Wildman–Crippen MR) is 154 cm³/mol. The van der Waals surface area contributed by atoms with Gasteiger partial charge in [-0.15, -0.1) is 0 Å². The van der Waals surface area contributed by atoms with Crippen molar-refractivity contribution in [2.45, 2.75) is 20.5 Å². The molecule has 4 rings (SSSR count). The van der Waals surface area contributed by atoms with E-state index < -0.39 is 24.4 Å². The number of carbonyl (C=O) groups excluding carboxylic acids is 3. The van der Waals surface area contributed by atoms with Crippen molar-refractivity contribution in [3.8, 4) is 11.5 Å². The van der Waals surface area contributed by atoms with Gasteiger partial charge in [0.15, 0.2) is 11.5 Å². The fourth-order valence-electron chi connectivity index (χ4n) is 3.77. The summed E-state index contributed by atoms with van der Waals surface area (Å²) in [5, 5.41) is 6.23. The summed E-state index contributed by atoms with van der Waals surface area (Å²) in [6.07, 6.45) is 1.51. The van der Waals surface area contributed by atoms with Gasteiger partial charge in [0.1, 0.15) is 18.8 Å². The second-order valence-corrected chi connectivity index (χ2v) is 10.3. The highest BCUT2D eigenvalue weighted by atomic mass is 79.9. The molecule has 0 saturated carbocycles. The minimum Gasteiger partial charge on any atom is -0.490 e. The van der Waals surface area contributed by atoms with Gasteiger partial charge in [0.05, 0.1) is 6.61 Å². The van der Waals surface area contributed by atoms with Crippen LogP contribution in [0.1, 0.15) is 23.6 Å². The number of anilines is 1. The van der Waals surface area contributed by atoms with Gasteiger partial charge in [-0.1, -0.05) is 57.3 Å². The fraction of sp³-hybridized carbons (Fsp3) is 0.179. The quantitative estimate of drug-likeness (QED) is 0.205. The Kier molecular flexibility index (Phi) is 9.16. The standard InChI is InChI=1S/C28H24BrCl2N3O5/c1-3-38-24-11-18(21(29)13-25(24)39-15-17-7-8-19(30)12-22(17)31)10-23-27(36)34(28(37)33-23)14-26(35)32-20-6-4-5-16(2)9-20/h4-13H,3,14-15H2,1-2H3,(H,32,35)(H,33,37)/b23-10+. The van der Waals surface area contributed by atoms with E-state index in [0.29, 0.717) is 43.9 Å². The molecule has 0 radical (unpaired) electrons. The molecule has 1 fully saturated rings. The van der Waals surface area contributed by atoms with Crippen molar-refractivity contribution < 1.29 is 23.9 Å². The van der Waals surface area contributed by atoms with E-state index >= 15 is 0 Å². The van der Waals surface area contributed by atoms with Crippen molar-refractivity contribution in [2.24, 2.45) is 0 Å². The van der Waals surface area contributed by atoms with Crippen molar-refractivity contribution in [1.29, 1.82) is 0 Å². The lowest BCUT2D eigenvalue weighted by molar-refractivity contribution is -0.127. The van der Waals surface area contributed by atoms with E-state index in [0.717, 1.165) is 16.0 Å². The number of ether oxygens (including phenoxy) is 2. The number of carbonyl (C=O) groups is 3. The van der Waals surface area contributed by atoms with Crippen LogP contribution in [0.3, 0.4) is 0 Å². The molecule has 39 heavy (non-hydrogen) atoms. The van der Waals surface area contributed by atoms with Crippen molar-refractivity contribution in [2.75, 3.05) is 18.5 Å². The normalized spacial score (nSPS) is 14.0. The summed E-state index contributed by atoms with van der Waals surface area (Å²) >= 11 is 15.7. The Balaban J connectivity index is 1.50. The summed E-state index contributed by atoms with van der Waals surface area (Å²) in [7, 11) is 0. The SMILES string of the molecule is CCOc1cc(/C=C2/NC(=O)N(CC(=O)Nc3cccc(C)c3)C2=O)c(Br)cc1OCc1ccc(Cl)cc1Cl. The summed E-state index contributed by atoms with van der Waals surface area (Å²) in [4.78, 5) is 38.8. The van der Waals surface area contributed by atoms with Gasteiger partial charge >= 0.3 is 6.03 Å².